The molecule has 0 aromatic rings. The lowest BCUT2D eigenvalue weighted by molar-refractivity contribution is -0.877. The van der Waals surface area contributed by atoms with Crippen LogP contribution < -0.4 is 4.90 Å². The van der Waals surface area contributed by atoms with Gasteiger partial charge in [0.25, 0.3) is 0 Å². The van der Waals surface area contributed by atoms with Gasteiger partial charge in [0, 0.05) is 6.42 Å². The Morgan fingerprint density at radius 3 is 1.35 bits per heavy atom. The molecule has 0 aliphatic heterocycles. The first-order valence-corrected chi connectivity index (χ1v) is 11.6. The summed E-state index contributed by atoms with van der Waals surface area (Å²) in [5.41, 5.74) is 0. The summed E-state index contributed by atoms with van der Waals surface area (Å²) in [5, 5.41) is 0. The molecule has 0 heterocycles. The van der Waals surface area contributed by atoms with Crippen molar-refractivity contribution in [3.63, 3.8) is 0 Å². The second-order valence-corrected chi connectivity index (χ2v) is 7.57. The first-order valence-electron chi connectivity index (χ1n) is 11.6. The highest BCUT2D eigenvalue weighted by molar-refractivity contribution is 5.69. The van der Waals surface area contributed by atoms with E-state index in [9.17, 15) is 4.79 Å². The van der Waals surface area contributed by atoms with E-state index in [1.807, 2.05) is 27.9 Å². The molecule has 0 radical (unpaired) electrons. The second kappa shape index (κ2) is 24.4. The molecule has 0 spiro atoms. The van der Waals surface area contributed by atoms with Gasteiger partial charge in [-0.25, -0.2) is 0 Å². The first-order chi connectivity index (χ1) is 12.7. The van der Waals surface area contributed by atoms with Crippen molar-refractivity contribution in [3.05, 3.63) is 0 Å². The van der Waals surface area contributed by atoms with E-state index in [-0.39, 0.29) is 5.97 Å². The Labute approximate surface area is 165 Å². The number of hydrogen-bond donors (Lipinski definition) is 1. The Bertz CT molecular complexity index is 267. The Hall–Kier alpha value is -0.570. The average molecular weight is 373 g/mol. The quantitative estimate of drug-likeness (QED) is 0.184. The van der Waals surface area contributed by atoms with Gasteiger partial charge >= 0.3 is 5.97 Å². The maximum absolute atomic E-state index is 11.4. The van der Waals surface area contributed by atoms with E-state index >= 15 is 0 Å². The molecule has 0 amide bonds. The monoisotopic (exact) mass is 372 g/mol. The molecule has 0 rings (SSSR count). The van der Waals surface area contributed by atoms with E-state index in [1.54, 1.807) is 0 Å². The number of unbranched alkanes of at least 4 members (excludes halogenated alkanes) is 14. The van der Waals surface area contributed by atoms with Gasteiger partial charge in [0.15, 0.2) is 0 Å². The van der Waals surface area contributed by atoms with Crippen LogP contribution in [0.5, 0.6) is 0 Å². The van der Waals surface area contributed by atoms with Crippen LogP contribution in [0.25, 0.3) is 0 Å². The van der Waals surface area contributed by atoms with Gasteiger partial charge in [-0.3, -0.25) is 4.79 Å². The van der Waals surface area contributed by atoms with Crippen molar-refractivity contribution >= 4 is 5.97 Å². The van der Waals surface area contributed by atoms with Gasteiger partial charge < -0.3 is 9.64 Å². The average Bonchev–Trinajstić information content (AvgIpc) is 2.64. The molecule has 0 aliphatic rings. The van der Waals surface area contributed by atoms with Crippen molar-refractivity contribution in [2.75, 3.05) is 20.8 Å². The smallest absolute Gasteiger partial charge is 0.310 e. The van der Waals surface area contributed by atoms with Crippen LogP contribution in [0.4, 0.5) is 0 Å². The normalized spacial score (nSPS) is 10.5. The van der Waals surface area contributed by atoms with Crippen molar-refractivity contribution < 1.29 is 14.4 Å². The zero-order valence-electron chi connectivity index (χ0n) is 18.8. The van der Waals surface area contributed by atoms with Crippen molar-refractivity contribution in [2.45, 2.75) is 124 Å². The fraction of sp³-hybridized carbons (Fsp3) is 0.957. The lowest BCUT2D eigenvalue weighted by Crippen LogP contribution is -3.06. The van der Waals surface area contributed by atoms with Crippen molar-refractivity contribution in [2.24, 2.45) is 0 Å². The van der Waals surface area contributed by atoms with Gasteiger partial charge in [-0.15, -0.1) is 0 Å². The van der Waals surface area contributed by atoms with Crippen LogP contribution in [0, 0.1) is 0 Å². The molecule has 0 saturated heterocycles. The fourth-order valence-electron chi connectivity index (χ4n) is 2.94. The van der Waals surface area contributed by atoms with Gasteiger partial charge in [0.05, 0.1) is 14.1 Å². The summed E-state index contributed by atoms with van der Waals surface area (Å²) in [6.45, 7) is 6.76. The van der Waals surface area contributed by atoms with Crippen LogP contribution in [0.15, 0.2) is 0 Å². The molecule has 0 aromatic heterocycles. The van der Waals surface area contributed by atoms with Gasteiger partial charge in [-0.1, -0.05) is 111 Å². The molecule has 3 nitrogen and oxygen atoms in total. The Balaban J connectivity index is 0. The van der Waals surface area contributed by atoms with Crippen molar-refractivity contribution in [1.29, 1.82) is 0 Å². The molecule has 1 N–H and O–H groups in total. The summed E-state index contributed by atoms with van der Waals surface area (Å²) in [6.07, 6.45) is 20.9. The lowest BCUT2D eigenvalue weighted by atomic mass is 10.0. The molecule has 0 unspecified atom stereocenters. The molecule has 0 saturated carbocycles. The minimum absolute atomic E-state index is 0.0362. The summed E-state index contributed by atoms with van der Waals surface area (Å²) >= 11 is 0. The number of quaternary nitrogens is 1. The number of carbonyl (C=O) groups excluding carboxylic acids is 1. The zero-order valence-corrected chi connectivity index (χ0v) is 18.8. The molecule has 0 aromatic carbocycles. The molecule has 3 heteroatoms. The van der Waals surface area contributed by atoms with E-state index in [1.165, 1.54) is 89.9 Å². The summed E-state index contributed by atoms with van der Waals surface area (Å²) in [5.74, 6) is -0.0362. The van der Waals surface area contributed by atoms with Crippen LogP contribution in [0.1, 0.15) is 124 Å². The van der Waals surface area contributed by atoms with Crippen LogP contribution in [0.3, 0.4) is 0 Å². The molecule has 158 valence electrons. The number of ether oxygens (including phenoxy) is 1. The minimum Gasteiger partial charge on any atom is -0.415 e. The Morgan fingerprint density at radius 2 is 1.00 bits per heavy atom. The highest BCUT2D eigenvalue weighted by atomic mass is 16.5. The summed E-state index contributed by atoms with van der Waals surface area (Å²) < 4.78 is 5.15. The summed E-state index contributed by atoms with van der Waals surface area (Å²) in [4.78, 5) is 12.6. The predicted octanol–water partition coefficient (Wildman–Crippen LogP) is 5.92. The van der Waals surface area contributed by atoms with Gasteiger partial charge in [-0.05, 0) is 6.42 Å². The third-order valence-corrected chi connectivity index (χ3v) is 4.51. The highest BCUT2D eigenvalue weighted by Gasteiger charge is 2.04. The van der Waals surface area contributed by atoms with Crippen LogP contribution in [-0.2, 0) is 9.53 Å². The standard InChI is InChI=1S/C21H43NO2.C2H6/c1-4-5-6-7-8-9-10-11-12-13-14-15-16-17-18-19-21(23)24-20-22(2)3;1-2/h4-20H2,1-3H3;1-2H3/p+1. The molecular formula is C23H50NO2+. The Kier molecular flexibility index (Phi) is 26.0. The van der Waals surface area contributed by atoms with E-state index < -0.39 is 0 Å². The summed E-state index contributed by atoms with van der Waals surface area (Å²) in [6, 6.07) is 0. The van der Waals surface area contributed by atoms with E-state index in [4.69, 9.17) is 4.74 Å². The maximum atomic E-state index is 11.4. The molecular weight excluding hydrogens is 322 g/mol. The molecule has 0 bridgehead atoms. The largest absolute Gasteiger partial charge is 0.415 e. The van der Waals surface area contributed by atoms with Crippen LogP contribution in [0.2, 0.25) is 0 Å². The zero-order chi connectivity index (χ0) is 19.9. The fourth-order valence-corrected chi connectivity index (χ4v) is 2.94. The predicted molar refractivity (Wildman–Crippen MR) is 115 cm³/mol. The maximum Gasteiger partial charge on any atom is 0.310 e. The second-order valence-electron chi connectivity index (χ2n) is 7.57. The van der Waals surface area contributed by atoms with Gasteiger partial charge in [0.2, 0.25) is 6.73 Å². The van der Waals surface area contributed by atoms with Crippen LogP contribution >= 0.6 is 0 Å². The van der Waals surface area contributed by atoms with Crippen molar-refractivity contribution in [1.82, 2.24) is 0 Å². The molecule has 26 heavy (non-hydrogen) atoms. The third kappa shape index (κ3) is 25.7. The number of rotatable bonds is 18. The summed E-state index contributed by atoms with van der Waals surface area (Å²) in [7, 11) is 3.97. The van der Waals surface area contributed by atoms with E-state index in [0.29, 0.717) is 13.2 Å². The Morgan fingerprint density at radius 1 is 0.654 bits per heavy atom. The van der Waals surface area contributed by atoms with Crippen molar-refractivity contribution in [3.8, 4) is 0 Å². The van der Waals surface area contributed by atoms with Gasteiger partial charge in [0.1, 0.15) is 0 Å². The SMILES string of the molecule is CC.CCCCCCCCCCCCCCCCCC(=O)OC[NH+](C)C. The number of esters is 1. The first kappa shape index (κ1) is 27.6. The lowest BCUT2D eigenvalue weighted by Gasteiger charge is -2.07. The third-order valence-electron chi connectivity index (χ3n) is 4.51. The topological polar surface area (TPSA) is 30.7 Å². The van der Waals surface area contributed by atoms with E-state index in [2.05, 4.69) is 6.92 Å². The molecule has 0 aliphatic carbocycles. The highest BCUT2D eigenvalue weighted by Crippen LogP contribution is 2.13. The molecule has 0 fully saturated rings. The minimum atomic E-state index is -0.0362. The van der Waals surface area contributed by atoms with E-state index in [0.717, 1.165) is 11.3 Å². The van der Waals surface area contributed by atoms with Gasteiger partial charge in [-0.2, -0.15) is 0 Å². The molecule has 0 atom stereocenters. The number of nitrogens with one attached hydrogen (secondary N) is 1. The number of hydrogen-bond acceptors (Lipinski definition) is 2. The van der Waals surface area contributed by atoms with Crippen LogP contribution in [-0.4, -0.2) is 26.8 Å². The number of carbonyl (C=O) groups is 1.